The molecule has 4 heteroatoms. The summed E-state index contributed by atoms with van der Waals surface area (Å²) in [4.78, 5) is 23.7. The summed E-state index contributed by atoms with van der Waals surface area (Å²) >= 11 is 0. The lowest BCUT2D eigenvalue weighted by molar-refractivity contribution is 0.00677. The average molecular weight is 276 g/mol. The Morgan fingerprint density at radius 3 is 2.40 bits per heavy atom. The lowest BCUT2D eigenvalue weighted by Crippen LogP contribution is -2.25. The number of ketones is 1. The number of carbonyl (C=O) groups excluding carboxylic acids is 2. The number of Topliss-reactive ketones (excluding diaryl/α,β-unsaturated/α-hetero) is 1. The topological polar surface area (TPSA) is 43.4 Å². The predicted molar refractivity (Wildman–Crippen MR) is 74.5 cm³/mol. The van der Waals surface area contributed by atoms with Gasteiger partial charge in [-0.1, -0.05) is 11.8 Å². The molecule has 3 nitrogen and oxygen atoms in total. The summed E-state index contributed by atoms with van der Waals surface area (Å²) < 4.78 is 17.3. The number of carbonyl (C=O) groups is 2. The lowest BCUT2D eigenvalue weighted by atomic mass is 10.0. The van der Waals surface area contributed by atoms with Crippen LogP contribution in [0, 0.1) is 11.8 Å². The Kier molecular flexibility index (Phi) is 5.04. The number of halogens is 1. The van der Waals surface area contributed by atoms with Crippen LogP contribution in [-0.2, 0) is 4.74 Å². The largest absolute Gasteiger partial charge is 0.456 e. The maximum absolute atomic E-state index is 12.1. The number of esters is 1. The molecule has 0 aliphatic rings. The highest BCUT2D eigenvalue weighted by atomic mass is 19.1. The van der Waals surface area contributed by atoms with Gasteiger partial charge in [0.15, 0.2) is 12.5 Å². The van der Waals surface area contributed by atoms with Gasteiger partial charge in [-0.05, 0) is 45.9 Å². The van der Waals surface area contributed by atoms with Crippen molar-refractivity contribution in [1.82, 2.24) is 0 Å². The van der Waals surface area contributed by atoms with Crippen molar-refractivity contribution in [2.75, 3.05) is 6.67 Å². The first-order valence-corrected chi connectivity index (χ1v) is 6.18. The van der Waals surface area contributed by atoms with E-state index in [9.17, 15) is 14.0 Å². The molecule has 0 fully saturated rings. The Morgan fingerprint density at radius 1 is 1.25 bits per heavy atom. The van der Waals surface area contributed by atoms with Crippen LogP contribution in [0.15, 0.2) is 18.2 Å². The summed E-state index contributed by atoms with van der Waals surface area (Å²) in [5.74, 6) is 4.02. The molecule has 0 amide bonds. The second-order valence-corrected chi connectivity index (χ2v) is 5.25. The Labute approximate surface area is 118 Å². The summed E-state index contributed by atoms with van der Waals surface area (Å²) in [6, 6.07) is 4.53. The smallest absolute Gasteiger partial charge is 0.339 e. The van der Waals surface area contributed by atoms with Gasteiger partial charge in [-0.25, -0.2) is 9.18 Å². The maximum atomic E-state index is 12.1. The molecule has 0 aliphatic heterocycles. The molecular weight excluding hydrogens is 259 g/mol. The van der Waals surface area contributed by atoms with E-state index in [-0.39, 0.29) is 16.9 Å². The number of alkyl halides is 1. The van der Waals surface area contributed by atoms with Gasteiger partial charge >= 0.3 is 5.97 Å². The molecule has 20 heavy (non-hydrogen) atoms. The van der Waals surface area contributed by atoms with Crippen LogP contribution in [0.1, 0.15) is 54.0 Å². The second kappa shape index (κ2) is 6.33. The van der Waals surface area contributed by atoms with E-state index >= 15 is 0 Å². The Balaban J connectivity index is 3.25. The summed E-state index contributed by atoms with van der Waals surface area (Å²) in [7, 11) is 0. The molecule has 0 aromatic heterocycles. The van der Waals surface area contributed by atoms with Crippen LogP contribution >= 0.6 is 0 Å². The van der Waals surface area contributed by atoms with Crippen LogP contribution < -0.4 is 0 Å². The van der Waals surface area contributed by atoms with Gasteiger partial charge in [0.05, 0.1) is 5.56 Å². The van der Waals surface area contributed by atoms with Crippen molar-refractivity contribution in [3.8, 4) is 11.8 Å². The standard InChI is InChI=1S/C16H17FO3/c1-11(18)13-8-7-12(6-5-9-17)10-14(13)15(19)20-16(2,3)4/h7-8,10H,9H2,1-4H3. The normalized spacial score (nSPS) is 10.4. The first-order valence-electron chi connectivity index (χ1n) is 6.18. The molecule has 1 rings (SSSR count). The predicted octanol–water partition coefficient (Wildman–Crippen LogP) is 3.17. The third-order valence-corrected chi connectivity index (χ3v) is 2.32. The van der Waals surface area contributed by atoms with Gasteiger partial charge in [0.2, 0.25) is 0 Å². The fourth-order valence-corrected chi connectivity index (χ4v) is 1.57. The minimum absolute atomic E-state index is 0.151. The highest BCUT2D eigenvalue weighted by Gasteiger charge is 2.22. The van der Waals surface area contributed by atoms with E-state index < -0.39 is 18.2 Å². The molecule has 1 aromatic carbocycles. The summed E-state index contributed by atoms with van der Waals surface area (Å²) in [5.41, 5.74) is 0.225. The van der Waals surface area contributed by atoms with Gasteiger partial charge in [0.1, 0.15) is 5.60 Å². The van der Waals surface area contributed by atoms with E-state index in [4.69, 9.17) is 4.74 Å². The number of hydrogen-bond donors (Lipinski definition) is 0. The number of ether oxygens (including phenoxy) is 1. The summed E-state index contributed by atoms with van der Waals surface area (Å²) in [6.45, 7) is 5.83. The van der Waals surface area contributed by atoms with Gasteiger partial charge in [-0.3, -0.25) is 4.79 Å². The molecule has 0 saturated heterocycles. The maximum Gasteiger partial charge on any atom is 0.339 e. The molecule has 1 aromatic rings. The molecular formula is C16H17FO3. The first kappa shape index (κ1) is 15.9. The molecule has 0 aliphatic carbocycles. The number of benzene rings is 1. The van der Waals surface area contributed by atoms with Crippen LogP contribution in [-0.4, -0.2) is 24.0 Å². The van der Waals surface area contributed by atoms with Crippen molar-refractivity contribution in [2.24, 2.45) is 0 Å². The Bertz CT molecular complexity index is 586. The zero-order valence-electron chi connectivity index (χ0n) is 12.0. The van der Waals surface area contributed by atoms with Crippen LogP contribution in [0.4, 0.5) is 4.39 Å². The zero-order valence-corrected chi connectivity index (χ0v) is 12.0. The van der Waals surface area contributed by atoms with Crippen molar-refractivity contribution < 1.29 is 18.7 Å². The molecule has 0 N–H and O–H groups in total. The minimum atomic E-state index is -0.768. The van der Waals surface area contributed by atoms with Gasteiger partial charge in [-0.15, -0.1) is 0 Å². The molecule has 0 unspecified atom stereocenters. The SMILES string of the molecule is CC(=O)c1ccc(C#CCF)cc1C(=O)OC(C)(C)C. The van der Waals surface area contributed by atoms with Crippen LogP contribution in [0.3, 0.4) is 0 Å². The lowest BCUT2D eigenvalue weighted by Gasteiger charge is -2.20. The zero-order chi connectivity index (χ0) is 15.3. The Hall–Kier alpha value is -2.15. The summed E-state index contributed by atoms with van der Waals surface area (Å²) in [5, 5.41) is 0. The summed E-state index contributed by atoms with van der Waals surface area (Å²) in [6.07, 6.45) is 0. The number of hydrogen-bond acceptors (Lipinski definition) is 3. The molecule has 0 bridgehead atoms. The van der Waals surface area contributed by atoms with Gasteiger partial charge in [0, 0.05) is 11.1 Å². The highest BCUT2D eigenvalue weighted by Crippen LogP contribution is 2.18. The fourth-order valence-electron chi connectivity index (χ4n) is 1.57. The van der Waals surface area contributed by atoms with Crippen LogP contribution in [0.25, 0.3) is 0 Å². The molecule has 0 saturated carbocycles. The van der Waals surface area contributed by atoms with Crippen LogP contribution in [0.2, 0.25) is 0 Å². The van der Waals surface area contributed by atoms with Crippen molar-refractivity contribution in [2.45, 2.75) is 33.3 Å². The Morgan fingerprint density at radius 2 is 1.90 bits per heavy atom. The molecule has 0 spiro atoms. The minimum Gasteiger partial charge on any atom is -0.456 e. The third-order valence-electron chi connectivity index (χ3n) is 2.32. The molecule has 0 atom stereocenters. The van der Waals surface area contributed by atoms with E-state index in [1.54, 1.807) is 26.8 Å². The van der Waals surface area contributed by atoms with E-state index in [2.05, 4.69) is 11.8 Å². The van der Waals surface area contributed by atoms with E-state index in [0.717, 1.165) is 0 Å². The molecule has 106 valence electrons. The first-order chi connectivity index (χ1) is 9.24. The van der Waals surface area contributed by atoms with Gasteiger partial charge in [0.25, 0.3) is 0 Å². The van der Waals surface area contributed by atoms with Gasteiger partial charge in [-0.2, -0.15) is 0 Å². The van der Waals surface area contributed by atoms with E-state index in [1.807, 2.05) is 0 Å². The molecule has 0 heterocycles. The monoisotopic (exact) mass is 276 g/mol. The van der Waals surface area contributed by atoms with Gasteiger partial charge < -0.3 is 4.74 Å². The average Bonchev–Trinajstić information content (AvgIpc) is 2.33. The highest BCUT2D eigenvalue weighted by molar-refractivity contribution is 6.05. The fraction of sp³-hybridized carbons (Fsp3) is 0.375. The van der Waals surface area contributed by atoms with Crippen molar-refractivity contribution in [1.29, 1.82) is 0 Å². The van der Waals surface area contributed by atoms with Crippen molar-refractivity contribution >= 4 is 11.8 Å². The van der Waals surface area contributed by atoms with Crippen molar-refractivity contribution in [3.05, 3.63) is 34.9 Å². The third kappa shape index (κ3) is 4.51. The van der Waals surface area contributed by atoms with E-state index in [0.29, 0.717) is 5.56 Å². The quantitative estimate of drug-likeness (QED) is 0.473. The second-order valence-electron chi connectivity index (χ2n) is 5.25. The number of rotatable bonds is 2. The van der Waals surface area contributed by atoms with E-state index in [1.165, 1.54) is 19.1 Å². The molecule has 0 radical (unpaired) electrons. The van der Waals surface area contributed by atoms with Crippen LogP contribution in [0.5, 0.6) is 0 Å². The van der Waals surface area contributed by atoms with Crippen molar-refractivity contribution in [3.63, 3.8) is 0 Å².